The van der Waals surface area contributed by atoms with Crippen LogP contribution in [0.4, 0.5) is 23.1 Å². The van der Waals surface area contributed by atoms with Crippen LogP contribution in [0, 0.1) is 0 Å². The number of benzene rings is 2. The molecule has 0 bridgehead atoms. The minimum atomic E-state index is -1.04. The molecule has 0 spiro atoms. The zero-order valence-electron chi connectivity index (χ0n) is 16.1. The number of rotatable bonds is 4. The van der Waals surface area contributed by atoms with Gasteiger partial charge in [-0.05, 0) is 24.3 Å². The van der Waals surface area contributed by atoms with E-state index in [0.717, 1.165) is 54.8 Å². The number of nitrogens with zero attached hydrogens (tertiary/aromatic N) is 4. The zero-order chi connectivity index (χ0) is 19.6. The van der Waals surface area contributed by atoms with E-state index in [9.17, 15) is 4.21 Å². The van der Waals surface area contributed by atoms with Crippen LogP contribution in [0.3, 0.4) is 0 Å². The standard InChI is InChI=1S/C22H23N5OS/c28-29-16-11-19-20(29)21(23-17-7-3-1-4-8-17)25-22(24-19)27-14-12-26(13-15-27)18-9-5-2-6-10-18/h1-10H,11-16H2,(H,23,24,25). The van der Waals surface area contributed by atoms with Crippen LogP contribution < -0.4 is 15.1 Å². The highest BCUT2D eigenvalue weighted by Crippen LogP contribution is 2.32. The number of hydrogen-bond donors (Lipinski definition) is 1. The monoisotopic (exact) mass is 405 g/mol. The molecule has 0 saturated carbocycles. The lowest BCUT2D eigenvalue weighted by molar-refractivity contribution is 0.638. The molecule has 1 atom stereocenters. The van der Waals surface area contributed by atoms with Crippen molar-refractivity contribution in [1.29, 1.82) is 0 Å². The molecule has 0 radical (unpaired) electrons. The summed E-state index contributed by atoms with van der Waals surface area (Å²) in [6.45, 7) is 3.58. The predicted octanol–water partition coefficient (Wildman–Crippen LogP) is 3.21. The van der Waals surface area contributed by atoms with Gasteiger partial charge >= 0.3 is 0 Å². The van der Waals surface area contributed by atoms with Gasteiger partial charge in [-0.3, -0.25) is 4.21 Å². The van der Waals surface area contributed by atoms with Crippen LogP contribution >= 0.6 is 0 Å². The number of para-hydroxylation sites is 2. The van der Waals surface area contributed by atoms with Gasteiger partial charge in [-0.25, -0.2) is 4.98 Å². The third-order valence-electron chi connectivity index (χ3n) is 5.40. The first-order chi connectivity index (χ1) is 14.3. The molecule has 1 unspecified atom stereocenters. The first-order valence-electron chi connectivity index (χ1n) is 9.94. The van der Waals surface area contributed by atoms with E-state index in [1.165, 1.54) is 5.69 Å². The van der Waals surface area contributed by atoms with Gasteiger partial charge in [0.1, 0.15) is 4.90 Å². The van der Waals surface area contributed by atoms with Gasteiger partial charge in [-0.15, -0.1) is 0 Å². The van der Waals surface area contributed by atoms with Gasteiger partial charge in [0, 0.05) is 49.7 Å². The van der Waals surface area contributed by atoms with Crippen LogP contribution in [0.2, 0.25) is 0 Å². The summed E-state index contributed by atoms with van der Waals surface area (Å²) in [5.41, 5.74) is 3.11. The van der Waals surface area contributed by atoms with Crippen molar-refractivity contribution in [2.75, 3.05) is 47.0 Å². The van der Waals surface area contributed by atoms with Crippen molar-refractivity contribution < 1.29 is 4.21 Å². The van der Waals surface area contributed by atoms with Crippen LogP contribution in [0.1, 0.15) is 5.69 Å². The van der Waals surface area contributed by atoms with Crippen molar-refractivity contribution in [3.63, 3.8) is 0 Å². The molecule has 1 N–H and O–H groups in total. The lowest BCUT2D eigenvalue weighted by Gasteiger charge is -2.36. The number of aromatic nitrogens is 2. The Labute approximate surface area is 173 Å². The largest absolute Gasteiger partial charge is 0.368 e. The normalized spacial score (nSPS) is 18.6. The average Bonchev–Trinajstić information content (AvgIpc) is 3.16. The molecule has 6 nitrogen and oxygen atoms in total. The van der Waals surface area contributed by atoms with E-state index < -0.39 is 10.8 Å². The smallest absolute Gasteiger partial charge is 0.227 e. The van der Waals surface area contributed by atoms with Crippen LogP contribution in [-0.4, -0.2) is 46.1 Å². The van der Waals surface area contributed by atoms with Crippen molar-refractivity contribution in [2.24, 2.45) is 0 Å². The number of aryl methyl sites for hydroxylation is 1. The molecule has 0 amide bonds. The van der Waals surface area contributed by atoms with Crippen molar-refractivity contribution in [1.82, 2.24) is 9.97 Å². The minimum absolute atomic E-state index is 0.624. The van der Waals surface area contributed by atoms with Gasteiger partial charge in [0.2, 0.25) is 5.95 Å². The van der Waals surface area contributed by atoms with Gasteiger partial charge < -0.3 is 15.1 Å². The SMILES string of the molecule is O=S1CCc2nc(N3CCN(c4ccccc4)CC3)nc(Nc3ccccc3)c21. The Morgan fingerprint density at radius 3 is 2.21 bits per heavy atom. The molecule has 2 aromatic carbocycles. The second kappa shape index (κ2) is 7.83. The van der Waals surface area contributed by atoms with Crippen molar-refractivity contribution >= 4 is 33.9 Å². The van der Waals surface area contributed by atoms with Crippen LogP contribution in [0.15, 0.2) is 65.6 Å². The molecule has 1 aromatic heterocycles. The highest BCUT2D eigenvalue weighted by atomic mass is 32.2. The van der Waals surface area contributed by atoms with E-state index in [1.54, 1.807) is 0 Å². The summed E-state index contributed by atoms with van der Waals surface area (Å²) in [5.74, 6) is 2.03. The Morgan fingerprint density at radius 1 is 0.828 bits per heavy atom. The molecule has 5 rings (SSSR count). The fourth-order valence-electron chi connectivity index (χ4n) is 3.87. The average molecular weight is 406 g/mol. The highest BCUT2D eigenvalue weighted by molar-refractivity contribution is 7.85. The summed E-state index contributed by atoms with van der Waals surface area (Å²) in [6.07, 6.45) is 0.741. The Hall–Kier alpha value is -2.93. The fraction of sp³-hybridized carbons (Fsp3) is 0.273. The lowest BCUT2D eigenvalue weighted by atomic mass is 10.2. The molecule has 0 aliphatic carbocycles. The third-order valence-corrected chi connectivity index (χ3v) is 6.86. The van der Waals surface area contributed by atoms with Crippen molar-refractivity contribution in [3.05, 3.63) is 66.4 Å². The predicted molar refractivity (Wildman–Crippen MR) is 118 cm³/mol. The summed E-state index contributed by atoms with van der Waals surface area (Å²) in [5, 5.41) is 3.37. The van der Waals surface area contributed by atoms with Crippen LogP contribution in [0.25, 0.3) is 0 Å². The molecule has 2 aliphatic heterocycles. The Balaban J connectivity index is 1.40. The van der Waals surface area contributed by atoms with Crippen molar-refractivity contribution in [2.45, 2.75) is 11.3 Å². The molecule has 2 aliphatic rings. The van der Waals surface area contributed by atoms with E-state index in [1.807, 2.05) is 36.4 Å². The molecule has 29 heavy (non-hydrogen) atoms. The Bertz CT molecular complexity index is 1020. The summed E-state index contributed by atoms with van der Waals surface area (Å²) in [6, 6.07) is 20.4. The first-order valence-corrected chi connectivity index (χ1v) is 11.3. The van der Waals surface area contributed by atoms with Crippen LogP contribution in [-0.2, 0) is 17.2 Å². The number of hydrogen-bond acceptors (Lipinski definition) is 6. The van der Waals surface area contributed by atoms with E-state index in [2.05, 4.69) is 39.4 Å². The zero-order valence-corrected chi connectivity index (χ0v) is 16.9. The van der Waals surface area contributed by atoms with E-state index in [-0.39, 0.29) is 0 Å². The maximum Gasteiger partial charge on any atom is 0.227 e. The van der Waals surface area contributed by atoms with Crippen LogP contribution in [0.5, 0.6) is 0 Å². The molecule has 1 fully saturated rings. The fourth-order valence-corrected chi connectivity index (χ4v) is 5.18. The number of piperazine rings is 1. The van der Waals surface area contributed by atoms with Gasteiger partial charge in [-0.2, -0.15) is 4.98 Å². The summed E-state index contributed by atoms with van der Waals surface area (Å²) in [4.78, 5) is 15.0. The third kappa shape index (κ3) is 3.70. The van der Waals surface area contributed by atoms with Gasteiger partial charge in [0.15, 0.2) is 5.82 Å². The van der Waals surface area contributed by atoms with Crippen molar-refractivity contribution in [3.8, 4) is 0 Å². The second-order valence-corrected chi connectivity index (χ2v) is 8.76. The number of fused-ring (bicyclic) bond motifs is 1. The molecule has 1 saturated heterocycles. The lowest BCUT2D eigenvalue weighted by Crippen LogP contribution is -2.47. The van der Waals surface area contributed by atoms with E-state index >= 15 is 0 Å². The summed E-state index contributed by atoms with van der Waals surface area (Å²) in [7, 11) is -1.04. The molecular weight excluding hydrogens is 382 g/mol. The molecule has 7 heteroatoms. The van der Waals surface area contributed by atoms with Gasteiger partial charge in [0.05, 0.1) is 16.5 Å². The Morgan fingerprint density at radius 2 is 1.48 bits per heavy atom. The highest BCUT2D eigenvalue weighted by Gasteiger charge is 2.28. The maximum atomic E-state index is 12.5. The number of nitrogens with one attached hydrogen (secondary N) is 1. The molecular formula is C22H23N5OS. The summed E-state index contributed by atoms with van der Waals surface area (Å²) < 4.78 is 12.5. The summed E-state index contributed by atoms with van der Waals surface area (Å²) >= 11 is 0. The van der Waals surface area contributed by atoms with Gasteiger partial charge in [-0.1, -0.05) is 36.4 Å². The van der Waals surface area contributed by atoms with E-state index in [0.29, 0.717) is 11.6 Å². The first kappa shape index (κ1) is 18.1. The van der Waals surface area contributed by atoms with Gasteiger partial charge in [0.25, 0.3) is 0 Å². The maximum absolute atomic E-state index is 12.5. The molecule has 148 valence electrons. The van der Waals surface area contributed by atoms with E-state index in [4.69, 9.17) is 9.97 Å². The Kier molecular flexibility index (Phi) is 4.89. The quantitative estimate of drug-likeness (QED) is 0.719. The topological polar surface area (TPSA) is 61.4 Å². The number of anilines is 4. The molecule has 3 aromatic rings. The molecule has 3 heterocycles. The second-order valence-electron chi connectivity index (χ2n) is 7.25. The minimum Gasteiger partial charge on any atom is -0.368 e.